The molecule has 5 heteroatoms. The molecular weight excluding hydrogens is 338 g/mol. The van der Waals surface area contributed by atoms with Gasteiger partial charge in [0.25, 0.3) is 0 Å². The number of amides is 2. The molecule has 1 saturated heterocycles. The summed E-state index contributed by atoms with van der Waals surface area (Å²) in [5, 5.41) is 2.90. The SMILES string of the molecule is CC(=O)NC(C(=O)N(C)Cc1ccc(N2CCCCC2)cc1)C1CCCC1. The first-order chi connectivity index (χ1) is 13.0. The number of hydrogen-bond acceptors (Lipinski definition) is 3. The second-order valence-corrected chi connectivity index (χ2v) is 8.13. The molecule has 1 unspecified atom stereocenters. The highest BCUT2D eigenvalue weighted by Crippen LogP contribution is 2.29. The number of rotatable bonds is 6. The molecule has 1 atom stereocenters. The smallest absolute Gasteiger partial charge is 0.245 e. The lowest BCUT2D eigenvalue weighted by molar-refractivity contribution is -0.137. The van der Waals surface area contributed by atoms with Gasteiger partial charge < -0.3 is 15.1 Å². The van der Waals surface area contributed by atoms with Crippen LogP contribution in [0.4, 0.5) is 5.69 Å². The molecule has 1 saturated carbocycles. The second-order valence-electron chi connectivity index (χ2n) is 8.13. The number of nitrogens with zero attached hydrogens (tertiary/aromatic N) is 2. The van der Waals surface area contributed by atoms with E-state index < -0.39 is 0 Å². The van der Waals surface area contributed by atoms with Gasteiger partial charge in [-0.15, -0.1) is 0 Å². The van der Waals surface area contributed by atoms with Crippen molar-refractivity contribution >= 4 is 17.5 Å². The Labute approximate surface area is 163 Å². The maximum atomic E-state index is 13.0. The molecule has 0 aromatic heterocycles. The standard InChI is InChI=1S/C22H33N3O2/c1-17(26)23-21(19-8-4-5-9-19)22(27)24(2)16-18-10-12-20(13-11-18)25-14-6-3-7-15-25/h10-13,19,21H,3-9,14-16H2,1-2H3,(H,23,26). The summed E-state index contributed by atoms with van der Waals surface area (Å²) in [6, 6.07) is 8.19. The summed E-state index contributed by atoms with van der Waals surface area (Å²) in [7, 11) is 1.84. The summed E-state index contributed by atoms with van der Waals surface area (Å²) >= 11 is 0. The maximum Gasteiger partial charge on any atom is 0.245 e. The van der Waals surface area contributed by atoms with Gasteiger partial charge in [-0.25, -0.2) is 0 Å². The maximum absolute atomic E-state index is 13.0. The van der Waals surface area contributed by atoms with Crippen LogP contribution in [0.2, 0.25) is 0 Å². The highest BCUT2D eigenvalue weighted by Gasteiger charge is 2.33. The van der Waals surface area contributed by atoms with Crippen molar-refractivity contribution in [3.63, 3.8) is 0 Å². The summed E-state index contributed by atoms with van der Waals surface area (Å²) in [5.41, 5.74) is 2.40. The van der Waals surface area contributed by atoms with Crippen LogP contribution in [0.3, 0.4) is 0 Å². The first-order valence-corrected chi connectivity index (χ1v) is 10.4. The van der Waals surface area contributed by atoms with Crippen LogP contribution in [0.15, 0.2) is 24.3 Å². The van der Waals surface area contributed by atoms with Crippen molar-refractivity contribution in [3.05, 3.63) is 29.8 Å². The Bertz CT molecular complexity index is 631. The van der Waals surface area contributed by atoms with Crippen molar-refractivity contribution in [3.8, 4) is 0 Å². The van der Waals surface area contributed by atoms with E-state index in [0.29, 0.717) is 6.54 Å². The van der Waals surface area contributed by atoms with Crippen molar-refractivity contribution in [2.75, 3.05) is 25.0 Å². The molecule has 0 spiro atoms. The summed E-state index contributed by atoms with van der Waals surface area (Å²) in [6.07, 6.45) is 8.21. The van der Waals surface area contributed by atoms with Crippen LogP contribution in [-0.4, -0.2) is 42.9 Å². The molecule has 2 fully saturated rings. The minimum absolute atomic E-state index is 0.0252. The van der Waals surface area contributed by atoms with E-state index in [0.717, 1.165) is 44.3 Å². The van der Waals surface area contributed by atoms with Crippen LogP contribution in [-0.2, 0) is 16.1 Å². The predicted molar refractivity (Wildman–Crippen MR) is 109 cm³/mol. The fraction of sp³-hybridized carbons (Fsp3) is 0.636. The highest BCUT2D eigenvalue weighted by molar-refractivity contribution is 5.87. The molecule has 1 aromatic carbocycles. The lowest BCUT2D eigenvalue weighted by atomic mass is 9.96. The van der Waals surface area contributed by atoms with Gasteiger partial charge in [-0.2, -0.15) is 0 Å². The first kappa shape index (κ1) is 19.7. The Hall–Kier alpha value is -2.04. The monoisotopic (exact) mass is 371 g/mol. The van der Waals surface area contributed by atoms with Crippen molar-refractivity contribution in [2.45, 2.75) is 64.5 Å². The lowest BCUT2D eigenvalue weighted by Crippen LogP contribution is -2.50. The van der Waals surface area contributed by atoms with Gasteiger partial charge in [0.15, 0.2) is 0 Å². The minimum Gasteiger partial charge on any atom is -0.372 e. The number of nitrogens with one attached hydrogen (secondary N) is 1. The van der Waals surface area contributed by atoms with Gasteiger partial charge >= 0.3 is 0 Å². The Morgan fingerprint density at radius 3 is 2.30 bits per heavy atom. The third-order valence-electron chi connectivity index (χ3n) is 5.95. The quantitative estimate of drug-likeness (QED) is 0.834. The molecular formula is C22H33N3O2. The number of piperidine rings is 1. The predicted octanol–water partition coefficient (Wildman–Crippen LogP) is 3.33. The van der Waals surface area contributed by atoms with Crippen molar-refractivity contribution < 1.29 is 9.59 Å². The number of carbonyl (C=O) groups excluding carboxylic acids is 2. The topological polar surface area (TPSA) is 52.7 Å². The Morgan fingerprint density at radius 1 is 1.07 bits per heavy atom. The zero-order valence-corrected chi connectivity index (χ0v) is 16.7. The molecule has 0 radical (unpaired) electrons. The van der Waals surface area contributed by atoms with E-state index in [2.05, 4.69) is 34.5 Å². The Balaban J connectivity index is 1.61. The molecule has 5 nitrogen and oxygen atoms in total. The lowest BCUT2D eigenvalue weighted by Gasteiger charge is -2.30. The summed E-state index contributed by atoms with van der Waals surface area (Å²) in [4.78, 5) is 28.8. The van der Waals surface area contributed by atoms with Gasteiger partial charge in [-0.1, -0.05) is 25.0 Å². The third-order valence-corrected chi connectivity index (χ3v) is 5.95. The molecule has 1 aromatic rings. The van der Waals surface area contributed by atoms with E-state index in [1.807, 2.05) is 7.05 Å². The Kier molecular flexibility index (Phi) is 6.75. The largest absolute Gasteiger partial charge is 0.372 e. The van der Waals surface area contributed by atoms with Crippen LogP contribution in [0.25, 0.3) is 0 Å². The van der Waals surface area contributed by atoms with Crippen molar-refractivity contribution in [1.82, 2.24) is 10.2 Å². The van der Waals surface area contributed by atoms with Crippen LogP contribution < -0.4 is 10.2 Å². The first-order valence-electron chi connectivity index (χ1n) is 10.4. The molecule has 3 rings (SSSR count). The molecule has 1 heterocycles. The molecule has 148 valence electrons. The van der Waals surface area contributed by atoms with Crippen LogP contribution in [0.5, 0.6) is 0 Å². The van der Waals surface area contributed by atoms with Gasteiger partial charge in [0.1, 0.15) is 6.04 Å². The van der Waals surface area contributed by atoms with Crippen molar-refractivity contribution in [2.24, 2.45) is 5.92 Å². The van der Waals surface area contributed by atoms with Gasteiger partial charge in [-0.3, -0.25) is 9.59 Å². The van der Waals surface area contributed by atoms with E-state index in [9.17, 15) is 9.59 Å². The molecule has 1 N–H and O–H groups in total. The van der Waals surface area contributed by atoms with Crippen molar-refractivity contribution in [1.29, 1.82) is 0 Å². The van der Waals surface area contributed by atoms with Crippen LogP contribution in [0.1, 0.15) is 57.4 Å². The van der Waals surface area contributed by atoms with Gasteiger partial charge in [-0.05, 0) is 55.7 Å². The normalized spacial score (nSPS) is 19.0. The molecule has 2 amide bonds. The average molecular weight is 372 g/mol. The fourth-order valence-electron chi connectivity index (χ4n) is 4.44. The molecule has 0 bridgehead atoms. The molecule has 1 aliphatic heterocycles. The summed E-state index contributed by atoms with van der Waals surface area (Å²) in [6.45, 7) is 4.34. The van der Waals surface area contributed by atoms with E-state index in [1.165, 1.54) is 31.9 Å². The minimum atomic E-state index is -0.386. The van der Waals surface area contributed by atoms with Gasteiger partial charge in [0.05, 0.1) is 0 Å². The number of hydrogen-bond donors (Lipinski definition) is 1. The van der Waals surface area contributed by atoms with Gasteiger partial charge in [0.2, 0.25) is 11.8 Å². The average Bonchev–Trinajstić information content (AvgIpc) is 3.21. The zero-order chi connectivity index (χ0) is 19.2. The summed E-state index contributed by atoms with van der Waals surface area (Å²) in [5.74, 6) is 0.169. The zero-order valence-electron chi connectivity index (χ0n) is 16.7. The molecule has 1 aliphatic carbocycles. The molecule has 27 heavy (non-hydrogen) atoms. The van der Waals surface area contributed by atoms with E-state index in [-0.39, 0.29) is 23.8 Å². The number of likely N-dealkylation sites (N-methyl/N-ethyl adjacent to an activating group) is 1. The number of anilines is 1. The Morgan fingerprint density at radius 2 is 1.70 bits per heavy atom. The highest BCUT2D eigenvalue weighted by atomic mass is 16.2. The van der Waals surface area contributed by atoms with Crippen LogP contribution >= 0.6 is 0 Å². The second kappa shape index (κ2) is 9.25. The molecule has 2 aliphatic rings. The number of carbonyl (C=O) groups is 2. The number of benzene rings is 1. The van der Waals surface area contributed by atoms with E-state index >= 15 is 0 Å². The van der Waals surface area contributed by atoms with Gasteiger partial charge in [0, 0.05) is 39.3 Å². The third kappa shape index (κ3) is 5.24. The van der Waals surface area contributed by atoms with Crippen LogP contribution in [0, 0.1) is 5.92 Å². The fourth-order valence-corrected chi connectivity index (χ4v) is 4.44. The summed E-state index contributed by atoms with van der Waals surface area (Å²) < 4.78 is 0. The van der Waals surface area contributed by atoms with E-state index in [4.69, 9.17) is 0 Å². The van der Waals surface area contributed by atoms with E-state index in [1.54, 1.807) is 4.90 Å².